The van der Waals surface area contributed by atoms with E-state index in [0.717, 1.165) is 12.1 Å². The van der Waals surface area contributed by atoms with Gasteiger partial charge in [0.2, 0.25) is 0 Å². The molecule has 5 heteroatoms. The summed E-state index contributed by atoms with van der Waals surface area (Å²) in [6, 6.07) is 7.20. The minimum atomic E-state index is -0.852. The second-order valence-corrected chi connectivity index (χ2v) is 3.58. The maximum Gasteiger partial charge on any atom is 0.159 e. The Kier molecular flexibility index (Phi) is 3.18. The second-order valence-electron chi connectivity index (χ2n) is 3.58. The number of hydrogen-bond donors (Lipinski definition) is 2. The van der Waals surface area contributed by atoms with Crippen molar-refractivity contribution in [2.75, 3.05) is 11.1 Å². The number of aromatic nitrogens is 1. The van der Waals surface area contributed by atoms with E-state index in [2.05, 4.69) is 10.3 Å². The van der Waals surface area contributed by atoms with Gasteiger partial charge in [-0.25, -0.2) is 13.8 Å². The second kappa shape index (κ2) is 4.78. The van der Waals surface area contributed by atoms with Crippen LogP contribution in [0.15, 0.2) is 36.5 Å². The van der Waals surface area contributed by atoms with Crippen molar-refractivity contribution in [2.45, 2.75) is 6.54 Å². The predicted molar refractivity (Wildman–Crippen MR) is 62.3 cm³/mol. The van der Waals surface area contributed by atoms with E-state index >= 15 is 0 Å². The lowest BCUT2D eigenvalue weighted by molar-refractivity contribution is 0.507. The summed E-state index contributed by atoms with van der Waals surface area (Å²) in [6.07, 6.45) is 1.52. The Hall–Kier alpha value is -2.17. The summed E-state index contributed by atoms with van der Waals surface area (Å²) in [4.78, 5) is 4.03. The molecule has 0 spiro atoms. The number of benzene rings is 1. The summed E-state index contributed by atoms with van der Waals surface area (Å²) in [6.45, 7) is 0.369. The van der Waals surface area contributed by atoms with E-state index < -0.39 is 11.6 Å². The van der Waals surface area contributed by atoms with Crippen LogP contribution < -0.4 is 11.1 Å². The maximum atomic E-state index is 12.9. The Morgan fingerprint density at radius 2 is 1.94 bits per heavy atom. The van der Waals surface area contributed by atoms with Crippen LogP contribution in [-0.4, -0.2) is 4.98 Å². The number of nitrogen functional groups attached to an aromatic ring is 1. The van der Waals surface area contributed by atoms with Gasteiger partial charge in [0.1, 0.15) is 5.82 Å². The van der Waals surface area contributed by atoms with Gasteiger partial charge in [-0.2, -0.15) is 0 Å². The van der Waals surface area contributed by atoms with Crippen molar-refractivity contribution in [3.63, 3.8) is 0 Å². The Morgan fingerprint density at radius 1 is 1.12 bits per heavy atom. The van der Waals surface area contributed by atoms with Gasteiger partial charge in [-0.3, -0.25) is 0 Å². The highest BCUT2D eigenvalue weighted by atomic mass is 19.2. The summed E-state index contributed by atoms with van der Waals surface area (Å²) < 4.78 is 25.6. The van der Waals surface area contributed by atoms with E-state index in [1.54, 1.807) is 12.1 Å². The average molecular weight is 235 g/mol. The van der Waals surface area contributed by atoms with Crippen LogP contribution in [0.4, 0.5) is 20.3 Å². The SMILES string of the molecule is Nc1ccc(NCc2ccc(F)c(F)c2)nc1. The first-order valence-electron chi connectivity index (χ1n) is 5.04. The average Bonchev–Trinajstić information content (AvgIpc) is 2.33. The molecule has 1 heterocycles. The monoisotopic (exact) mass is 235 g/mol. The van der Waals surface area contributed by atoms with Gasteiger partial charge >= 0.3 is 0 Å². The highest BCUT2D eigenvalue weighted by molar-refractivity contribution is 5.44. The number of hydrogen-bond acceptors (Lipinski definition) is 3. The smallest absolute Gasteiger partial charge is 0.159 e. The molecule has 0 atom stereocenters. The van der Waals surface area contributed by atoms with Crippen LogP contribution in [0.1, 0.15) is 5.56 Å². The van der Waals surface area contributed by atoms with Gasteiger partial charge in [0, 0.05) is 6.54 Å². The molecule has 3 nitrogen and oxygen atoms in total. The van der Waals surface area contributed by atoms with E-state index in [4.69, 9.17) is 5.73 Å². The fourth-order valence-corrected chi connectivity index (χ4v) is 1.35. The lowest BCUT2D eigenvalue weighted by Gasteiger charge is -2.06. The van der Waals surface area contributed by atoms with Crippen molar-refractivity contribution >= 4 is 11.5 Å². The van der Waals surface area contributed by atoms with Crippen LogP contribution in [0.25, 0.3) is 0 Å². The summed E-state index contributed by atoms with van der Waals surface area (Å²) >= 11 is 0. The van der Waals surface area contributed by atoms with Crippen molar-refractivity contribution in [1.29, 1.82) is 0 Å². The molecule has 17 heavy (non-hydrogen) atoms. The molecular weight excluding hydrogens is 224 g/mol. The highest BCUT2D eigenvalue weighted by Gasteiger charge is 2.02. The van der Waals surface area contributed by atoms with Gasteiger partial charge in [0.25, 0.3) is 0 Å². The zero-order valence-corrected chi connectivity index (χ0v) is 8.95. The van der Waals surface area contributed by atoms with Gasteiger partial charge in [-0.1, -0.05) is 6.07 Å². The van der Waals surface area contributed by atoms with Gasteiger partial charge in [0.05, 0.1) is 11.9 Å². The first-order chi connectivity index (χ1) is 8.15. The number of nitrogens with two attached hydrogens (primary N) is 1. The molecule has 1 aromatic carbocycles. The molecule has 0 radical (unpaired) electrons. The molecule has 88 valence electrons. The molecule has 0 fully saturated rings. The Bertz CT molecular complexity index is 512. The lowest BCUT2D eigenvalue weighted by atomic mass is 10.2. The van der Waals surface area contributed by atoms with Crippen LogP contribution in [0.2, 0.25) is 0 Å². The molecular formula is C12H11F2N3. The van der Waals surface area contributed by atoms with Crippen LogP contribution in [0.3, 0.4) is 0 Å². The number of pyridine rings is 1. The van der Waals surface area contributed by atoms with Gasteiger partial charge in [-0.15, -0.1) is 0 Å². The quantitative estimate of drug-likeness (QED) is 0.859. The molecule has 0 saturated heterocycles. The Morgan fingerprint density at radius 3 is 2.59 bits per heavy atom. The van der Waals surface area contributed by atoms with E-state index in [-0.39, 0.29) is 0 Å². The fraction of sp³-hybridized carbons (Fsp3) is 0.0833. The highest BCUT2D eigenvalue weighted by Crippen LogP contribution is 2.11. The van der Waals surface area contributed by atoms with Crippen molar-refractivity contribution in [3.05, 3.63) is 53.7 Å². The van der Waals surface area contributed by atoms with Crippen LogP contribution in [0.5, 0.6) is 0 Å². The molecule has 0 aliphatic carbocycles. The Labute approximate surface area is 97.3 Å². The summed E-state index contributed by atoms with van der Waals surface area (Å²) in [5.41, 5.74) is 6.70. The molecule has 2 rings (SSSR count). The van der Waals surface area contributed by atoms with Crippen molar-refractivity contribution in [1.82, 2.24) is 4.98 Å². The van der Waals surface area contributed by atoms with Gasteiger partial charge in [-0.05, 0) is 29.8 Å². The zero-order chi connectivity index (χ0) is 12.3. The number of rotatable bonds is 3. The lowest BCUT2D eigenvalue weighted by Crippen LogP contribution is -2.02. The first kappa shape index (κ1) is 11.3. The third-order valence-electron chi connectivity index (χ3n) is 2.24. The zero-order valence-electron chi connectivity index (χ0n) is 8.95. The van der Waals surface area contributed by atoms with Crippen LogP contribution in [-0.2, 0) is 6.54 Å². The third-order valence-corrected chi connectivity index (χ3v) is 2.24. The van der Waals surface area contributed by atoms with Crippen molar-refractivity contribution in [3.8, 4) is 0 Å². The topological polar surface area (TPSA) is 50.9 Å². The number of nitrogens with one attached hydrogen (secondary N) is 1. The molecule has 0 saturated carbocycles. The molecule has 0 aliphatic heterocycles. The molecule has 0 unspecified atom stereocenters. The number of anilines is 2. The van der Waals surface area contributed by atoms with Gasteiger partial charge < -0.3 is 11.1 Å². The number of nitrogens with zero attached hydrogens (tertiary/aromatic N) is 1. The molecule has 1 aromatic heterocycles. The van der Waals surface area contributed by atoms with E-state index in [0.29, 0.717) is 23.6 Å². The molecule has 0 bridgehead atoms. The summed E-state index contributed by atoms with van der Waals surface area (Å²) in [5, 5.41) is 2.98. The van der Waals surface area contributed by atoms with Crippen molar-refractivity contribution in [2.24, 2.45) is 0 Å². The van der Waals surface area contributed by atoms with E-state index in [9.17, 15) is 8.78 Å². The molecule has 0 aliphatic rings. The normalized spacial score (nSPS) is 10.2. The molecule has 0 amide bonds. The maximum absolute atomic E-state index is 12.9. The molecule has 2 aromatic rings. The van der Waals surface area contributed by atoms with Crippen LogP contribution in [0, 0.1) is 11.6 Å². The summed E-state index contributed by atoms with van der Waals surface area (Å²) in [7, 11) is 0. The Balaban J connectivity index is 2.02. The third kappa shape index (κ3) is 2.90. The largest absolute Gasteiger partial charge is 0.397 e. The standard InChI is InChI=1S/C12H11F2N3/c13-10-3-1-8(5-11(10)14)6-16-12-4-2-9(15)7-17-12/h1-5,7H,6,15H2,(H,16,17). The summed E-state index contributed by atoms with van der Waals surface area (Å²) in [5.74, 6) is -1.07. The van der Waals surface area contributed by atoms with E-state index in [1.165, 1.54) is 12.3 Å². The number of halogens is 2. The minimum absolute atomic E-state index is 0.369. The predicted octanol–water partition coefficient (Wildman–Crippen LogP) is 2.55. The van der Waals surface area contributed by atoms with Crippen molar-refractivity contribution < 1.29 is 8.78 Å². The van der Waals surface area contributed by atoms with E-state index in [1.807, 2.05) is 0 Å². The molecule has 3 N–H and O–H groups in total. The minimum Gasteiger partial charge on any atom is -0.397 e. The van der Waals surface area contributed by atoms with Crippen LogP contribution >= 0.6 is 0 Å². The fourth-order valence-electron chi connectivity index (χ4n) is 1.35. The van der Waals surface area contributed by atoms with Gasteiger partial charge in [0.15, 0.2) is 11.6 Å². The first-order valence-corrected chi connectivity index (χ1v) is 5.04.